The van der Waals surface area contributed by atoms with E-state index in [1.807, 2.05) is 45.0 Å². The second kappa shape index (κ2) is 8.34. The van der Waals surface area contributed by atoms with E-state index >= 15 is 0 Å². The van der Waals surface area contributed by atoms with Gasteiger partial charge in [-0.3, -0.25) is 14.5 Å². The summed E-state index contributed by atoms with van der Waals surface area (Å²) >= 11 is 0. The first-order valence-corrected chi connectivity index (χ1v) is 8.76. The van der Waals surface area contributed by atoms with Gasteiger partial charge in [0.2, 0.25) is 11.8 Å². The van der Waals surface area contributed by atoms with Crippen LogP contribution in [0, 0.1) is 5.41 Å². The standard InChI is InChI=1S/C19H29N3O3/c1-19(2,3)18(24)20-14-8-7-11-22(12-14)13-17(23)21-15-9-5-6-10-16(15)25-4/h5-6,9-10,14H,7-8,11-13H2,1-4H3,(H,20,24)(H,21,23). The minimum absolute atomic E-state index is 0.0535. The maximum absolute atomic E-state index is 12.3. The van der Waals surface area contributed by atoms with Crippen molar-refractivity contribution in [3.63, 3.8) is 0 Å². The van der Waals surface area contributed by atoms with Gasteiger partial charge in [0.25, 0.3) is 0 Å². The third-order valence-electron chi connectivity index (χ3n) is 4.27. The van der Waals surface area contributed by atoms with Gasteiger partial charge in [0, 0.05) is 18.0 Å². The summed E-state index contributed by atoms with van der Waals surface area (Å²) in [6.45, 7) is 7.58. The number of benzene rings is 1. The second-order valence-electron chi connectivity index (χ2n) is 7.55. The normalized spacial score (nSPS) is 18.5. The number of rotatable bonds is 5. The number of anilines is 1. The number of nitrogens with zero attached hydrogens (tertiary/aromatic N) is 1. The van der Waals surface area contributed by atoms with Gasteiger partial charge in [0.15, 0.2) is 0 Å². The molecule has 1 heterocycles. The van der Waals surface area contributed by atoms with Gasteiger partial charge in [0.1, 0.15) is 5.75 Å². The number of piperidine rings is 1. The Labute approximate surface area is 149 Å². The molecule has 0 saturated carbocycles. The zero-order chi connectivity index (χ0) is 18.4. The van der Waals surface area contributed by atoms with Crippen molar-refractivity contribution in [2.24, 2.45) is 5.41 Å². The van der Waals surface area contributed by atoms with Crippen LogP contribution in [-0.4, -0.2) is 49.5 Å². The number of hydrogen-bond acceptors (Lipinski definition) is 4. The highest BCUT2D eigenvalue weighted by molar-refractivity contribution is 5.93. The molecule has 6 heteroatoms. The molecule has 0 aliphatic carbocycles. The molecule has 2 N–H and O–H groups in total. The monoisotopic (exact) mass is 347 g/mol. The molecule has 0 spiro atoms. The van der Waals surface area contributed by atoms with Gasteiger partial charge in [-0.2, -0.15) is 0 Å². The lowest BCUT2D eigenvalue weighted by Crippen LogP contribution is -2.51. The molecule has 1 aromatic rings. The van der Waals surface area contributed by atoms with Gasteiger partial charge in [-0.15, -0.1) is 0 Å². The van der Waals surface area contributed by atoms with Crippen LogP contribution in [0.25, 0.3) is 0 Å². The zero-order valence-electron chi connectivity index (χ0n) is 15.6. The van der Waals surface area contributed by atoms with Crippen LogP contribution in [0.15, 0.2) is 24.3 Å². The van der Waals surface area contributed by atoms with Crippen molar-refractivity contribution in [3.8, 4) is 5.75 Å². The van der Waals surface area contributed by atoms with Crippen LogP contribution in [0.3, 0.4) is 0 Å². The molecule has 1 aromatic carbocycles. The van der Waals surface area contributed by atoms with Crippen molar-refractivity contribution in [1.29, 1.82) is 0 Å². The fraction of sp³-hybridized carbons (Fsp3) is 0.579. The molecule has 1 aliphatic heterocycles. The van der Waals surface area contributed by atoms with E-state index in [1.54, 1.807) is 7.11 Å². The number of amides is 2. The molecule has 1 atom stereocenters. The van der Waals surface area contributed by atoms with E-state index in [2.05, 4.69) is 15.5 Å². The lowest BCUT2D eigenvalue weighted by Gasteiger charge is -2.34. The molecular weight excluding hydrogens is 318 g/mol. The summed E-state index contributed by atoms with van der Waals surface area (Å²) in [7, 11) is 1.58. The average Bonchev–Trinajstić information content (AvgIpc) is 2.54. The van der Waals surface area contributed by atoms with Crippen LogP contribution in [0.4, 0.5) is 5.69 Å². The zero-order valence-corrected chi connectivity index (χ0v) is 15.6. The van der Waals surface area contributed by atoms with Crippen LogP contribution in [0.2, 0.25) is 0 Å². The Kier molecular flexibility index (Phi) is 6.42. The van der Waals surface area contributed by atoms with Gasteiger partial charge < -0.3 is 15.4 Å². The third kappa shape index (κ3) is 5.74. The molecule has 0 radical (unpaired) electrons. The highest BCUT2D eigenvalue weighted by Gasteiger charge is 2.27. The molecule has 6 nitrogen and oxygen atoms in total. The third-order valence-corrected chi connectivity index (χ3v) is 4.27. The molecular formula is C19H29N3O3. The van der Waals surface area contributed by atoms with Crippen molar-refractivity contribution in [2.45, 2.75) is 39.7 Å². The predicted molar refractivity (Wildman–Crippen MR) is 98.7 cm³/mol. The van der Waals surface area contributed by atoms with Gasteiger partial charge in [0.05, 0.1) is 19.3 Å². The van der Waals surface area contributed by atoms with E-state index in [0.29, 0.717) is 24.5 Å². The van der Waals surface area contributed by atoms with Gasteiger partial charge in [-0.25, -0.2) is 0 Å². The number of methoxy groups -OCH3 is 1. The molecule has 0 bridgehead atoms. The summed E-state index contributed by atoms with van der Waals surface area (Å²) in [5.74, 6) is 0.620. The molecule has 1 fully saturated rings. The Morgan fingerprint density at radius 3 is 2.68 bits per heavy atom. The molecule has 1 unspecified atom stereocenters. The smallest absolute Gasteiger partial charge is 0.238 e. The quantitative estimate of drug-likeness (QED) is 0.857. The first kappa shape index (κ1) is 19.2. The first-order valence-electron chi connectivity index (χ1n) is 8.76. The summed E-state index contributed by atoms with van der Waals surface area (Å²) in [6.07, 6.45) is 1.92. The minimum atomic E-state index is -0.399. The first-order chi connectivity index (χ1) is 11.8. The van der Waals surface area contributed by atoms with E-state index in [4.69, 9.17) is 4.74 Å². The number of carbonyl (C=O) groups is 2. The molecule has 25 heavy (non-hydrogen) atoms. The van der Waals surface area contributed by atoms with Crippen LogP contribution in [0.1, 0.15) is 33.6 Å². The van der Waals surface area contributed by atoms with E-state index < -0.39 is 5.41 Å². The molecule has 2 rings (SSSR count). The molecule has 2 amide bonds. The van der Waals surface area contributed by atoms with E-state index in [-0.39, 0.29) is 17.9 Å². The summed E-state index contributed by atoms with van der Waals surface area (Å²) in [5, 5.41) is 5.99. The second-order valence-corrected chi connectivity index (χ2v) is 7.55. The van der Waals surface area contributed by atoms with E-state index in [1.165, 1.54) is 0 Å². The molecule has 1 saturated heterocycles. The number of ether oxygens (including phenoxy) is 1. The number of hydrogen-bond donors (Lipinski definition) is 2. The van der Waals surface area contributed by atoms with Crippen LogP contribution >= 0.6 is 0 Å². The predicted octanol–water partition coefficient (Wildman–Crippen LogP) is 2.26. The number of likely N-dealkylation sites (tertiary alicyclic amines) is 1. The Balaban J connectivity index is 1.87. The summed E-state index contributed by atoms with van der Waals surface area (Å²) in [5.41, 5.74) is 0.272. The Morgan fingerprint density at radius 1 is 1.28 bits per heavy atom. The van der Waals surface area contributed by atoms with Gasteiger partial charge in [-0.1, -0.05) is 32.9 Å². The van der Waals surface area contributed by atoms with Crippen molar-refractivity contribution in [2.75, 3.05) is 32.1 Å². The largest absolute Gasteiger partial charge is 0.495 e. The van der Waals surface area contributed by atoms with Crippen molar-refractivity contribution < 1.29 is 14.3 Å². The van der Waals surface area contributed by atoms with E-state index in [0.717, 1.165) is 19.4 Å². The Bertz CT molecular complexity index is 610. The summed E-state index contributed by atoms with van der Waals surface area (Å²) in [4.78, 5) is 26.6. The highest BCUT2D eigenvalue weighted by Crippen LogP contribution is 2.23. The molecule has 1 aliphatic rings. The summed E-state index contributed by atoms with van der Waals surface area (Å²) < 4.78 is 5.25. The fourth-order valence-electron chi connectivity index (χ4n) is 2.86. The Hall–Kier alpha value is -2.08. The Morgan fingerprint density at radius 2 is 2.00 bits per heavy atom. The lowest BCUT2D eigenvalue weighted by atomic mass is 9.94. The number of nitrogens with one attached hydrogen (secondary N) is 2. The fourth-order valence-corrected chi connectivity index (χ4v) is 2.86. The van der Waals surface area contributed by atoms with Gasteiger partial charge in [-0.05, 0) is 31.5 Å². The van der Waals surface area contributed by atoms with E-state index in [9.17, 15) is 9.59 Å². The number of carbonyl (C=O) groups excluding carboxylic acids is 2. The van der Waals surface area contributed by atoms with Gasteiger partial charge >= 0.3 is 0 Å². The number of para-hydroxylation sites is 2. The van der Waals surface area contributed by atoms with Crippen molar-refractivity contribution in [3.05, 3.63) is 24.3 Å². The molecule has 138 valence electrons. The maximum Gasteiger partial charge on any atom is 0.238 e. The average molecular weight is 347 g/mol. The van der Waals surface area contributed by atoms with Crippen LogP contribution < -0.4 is 15.4 Å². The lowest BCUT2D eigenvalue weighted by molar-refractivity contribution is -0.129. The van der Waals surface area contributed by atoms with Crippen molar-refractivity contribution >= 4 is 17.5 Å². The highest BCUT2D eigenvalue weighted by atomic mass is 16.5. The summed E-state index contributed by atoms with van der Waals surface area (Å²) in [6, 6.07) is 7.45. The minimum Gasteiger partial charge on any atom is -0.495 e. The van der Waals surface area contributed by atoms with Crippen molar-refractivity contribution in [1.82, 2.24) is 10.2 Å². The SMILES string of the molecule is COc1ccccc1NC(=O)CN1CCCC(NC(=O)C(C)(C)C)C1. The maximum atomic E-state index is 12.3. The topological polar surface area (TPSA) is 70.7 Å². The molecule has 0 aromatic heterocycles. The van der Waals surface area contributed by atoms with Crippen LogP contribution in [0.5, 0.6) is 5.75 Å². The van der Waals surface area contributed by atoms with Crippen LogP contribution in [-0.2, 0) is 9.59 Å².